The number of amides is 1. The van der Waals surface area contributed by atoms with Crippen molar-refractivity contribution in [3.05, 3.63) is 23.7 Å². The van der Waals surface area contributed by atoms with Crippen LogP contribution in [0.3, 0.4) is 0 Å². The highest BCUT2D eigenvalue weighted by Gasteiger charge is 2.20. The molecule has 0 bridgehead atoms. The lowest BCUT2D eigenvalue weighted by Gasteiger charge is -2.05. The van der Waals surface area contributed by atoms with Gasteiger partial charge in [-0.3, -0.25) is 14.6 Å². The van der Waals surface area contributed by atoms with Crippen molar-refractivity contribution in [3.63, 3.8) is 0 Å². The van der Waals surface area contributed by atoms with Crippen molar-refractivity contribution in [3.8, 4) is 0 Å². The van der Waals surface area contributed by atoms with Crippen LogP contribution in [0.2, 0.25) is 0 Å². The van der Waals surface area contributed by atoms with Gasteiger partial charge in [-0.2, -0.15) is 5.10 Å². The van der Waals surface area contributed by atoms with Crippen LogP contribution in [-0.2, 0) is 26.2 Å². The molecule has 2 N–H and O–H groups in total. The molecule has 0 radical (unpaired) electrons. The summed E-state index contributed by atoms with van der Waals surface area (Å²) in [5.41, 5.74) is 0.888. The number of hydrogen-bond donors (Lipinski definition) is 2. The van der Waals surface area contributed by atoms with Crippen LogP contribution in [-0.4, -0.2) is 56.0 Å². The molecule has 2 aromatic rings. The molecule has 0 unspecified atom stereocenters. The van der Waals surface area contributed by atoms with Gasteiger partial charge >= 0.3 is 5.97 Å². The lowest BCUT2D eigenvalue weighted by molar-refractivity contribution is -0.148. The minimum Gasteiger partial charge on any atom is -0.463 e. The molecule has 0 saturated carbocycles. The van der Waals surface area contributed by atoms with Gasteiger partial charge in [0.1, 0.15) is 0 Å². The van der Waals surface area contributed by atoms with E-state index in [-0.39, 0.29) is 12.3 Å². The quantitative estimate of drug-likeness (QED) is 0.405. The maximum Gasteiger partial charge on any atom is 0.347 e. The molecule has 0 aliphatic rings. The van der Waals surface area contributed by atoms with Crippen LogP contribution in [0.5, 0.6) is 0 Å². The van der Waals surface area contributed by atoms with Gasteiger partial charge in [-0.05, 0) is 19.9 Å². The van der Waals surface area contributed by atoms with Gasteiger partial charge < -0.3 is 14.9 Å². The fourth-order valence-electron chi connectivity index (χ4n) is 1.64. The van der Waals surface area contributed by atoms with Gasteiger partial charge in [-0.25, -0.2) is 4.79 Å². The number of aromatic nitrogens is 5. The fraction of sp³-hybridized carbons (Fsp3) is 0.385. The van der Waals surface area contributed by atoms with E-state index in [2.05, 4.69) is 31.0 Å². The molecule has 0 aliphatic carbocycles. The Balaban J connectivity index is 2.12. The van der Waals surface area contributed by atoms with Crippen LogP contribution in [0.15, 0.2) is 17.4 Å². The van der Waals surface area contributed by atoms with Gasteiger partial charge in [0.05, 0.1) is 18.0 Å². The third-order valence-electron chi connectivity index (χ3n) is 2.95. The Hall–Kier alpha value is -3.24. The first-order valence-electron chi connectivity index (χ1n) is 7.05. The second-order valence-electron chi connectivity index (χ2n) is 4.59. The van der Waals surface area contributed by atoms with E-state index in [4.69, 9.17) is 9.57 Å². The molecule has 1 amide bonds. The van der Waals surface area contributed by atoms with Gasteiger partial charge in [0.25, 0.3) is 5.91 Å². The molecule has 0 aromatic carbocycles. The van der Waals surface area contributed by atoms with Gasteiger partial charge in [0, 0.05) is 13.2 Å². The maximum absolute atomic E-state index is 12.4. The van der Waals surface area contributed by atoms with Crippen LogP contribution in [0.4, 0.5) is 5.82 Å². The highest BCUT2D eigenvalue weighted by Crippen LogP contribution is 2.09. The van der Waals surface area contributed by atoms with E-state index in [1.165, 1.54) is 16.9 Å². The molecular weight excluding hydrogens is 318 g/mol. The Morgan fingerprint density at radius 2 is 2.25 bits per heavy atom. The lowest BCUT2D eigenvalue weighted by atomic mass is 10.2. The van der Waals surface area contributed by atoms with E-state index in [1.54, 1.807) is 20.9 Å². The van der Waals surface area contributed by atoms with Crippen molar-refractivity contribution < 1.29 is 19.2 Å². The summed E-state index contributed by atoms with van der Waals surface area (Å²) in [4.78, 5) is 28.6. The first kappa shape index (κ1) is 17.1. The minimum absolute atomic E-state index is 0.0955. The number of nitrogens with one attached hydrogen (secondary N) is 2. The lowest BCUT2D eigenvalue weighted by Crippen LogP contribution is -2.25. The highest BCUT2D eigenvalue weighted by molar-refractivity contribution is 6.48. The molecule has 2 aromatic heterocycles. The summed E-state index contributed by atoms with van der Waals surface area (Å²) in [5, 5.41) is 20.3. The molecular formula is C13H17N7O4. The van der Waals surface area contributed by atoms with Crippen LogP contribution < -0.4 is 5.32 Å². The largest absolute Gasteiger partial charge is 0.463 e. The molecule has 0 saturated heterocycles. The van der Waals surface area contributed by atoms with Crippen LogP contribution in [0.1, 0.15) is 18.3 Å². The zero-order valence-corrected chi connectivity index (χ0v) is 13.4. The molecule has 2 heterocycles. The highest BCUT2D eigenvalue weighted by atomic mass is 16.7. The zero-order valence-electron chi connectivity index (χ0n) is 13.4. The number of carbonyl (C=O) groups is 2. The predicted molar refractivity (Wildman–Crippen MR) is 82.1 cm³/mol. The summed E-state index contributed by atoms with van der Waals surface area (Å²) in [7, 11) is 1.70. The minimum atomic E-state index is -0.591. The molecule has 11 heteroatoms. The van der Waals surface area contributed by atoms with Crippen molar-refractivity contribution in [1.82, 2.24) is 25.2 Å². The monoisotopic (exact) mass is 335 g/mol. The third-order valence-corrected chi connectivity index (χ3v) is 2.95. The number of aryl methyl sites for hydroxylation is 1. The van der Waals surface area contributed by atoms with E-state index >= 15 is 0 Å². The second-order valence-corrected chi connectivity index (χ2v) is 4.59. The zero-order chi connectivity index (χ0) is 17.5. The van der Waals surface area contributed by atoms with Gasteiger partial charge in [0.2, 0.25) is 6.61 Å². The third kappa shape index (κ3) is 4.15. The molecule has 11 nitrogen and oxygen atoms in total. The van der Waals surface area contributed by atoms with Crippen LogP contribution in [0.25, 0.3) is 0 Å². The van der Waals surface area contributed by atoms with Crippen LogP contribution >= 0.6 is 0 Å². The Morgan fingerprint density at radius 1 is 1.46 bits per heavy atom. The average Bonchev–Trinajstić information content (AvgIpc) is 3.17. The molecule has 0 fully saturated rings. The van der Waals surface area contributed by atoms with Crippen molar-refractivity contribution in [2.45, 2.75) is 13.8 Å². The van der Waals surface area contributed by atoms with Gasteiger partial charge in [-0.1, -0.05) is 10.4 Å². The van der Waals surface area contributed by atoms with E-state index in [1.807, 2.05) is 0 Å². The predicted octanol–water partition coefficient (Wildman–Crippen LogP) is -0.231. The first-order chi connectivity index (χ1) is 11.5. The number of esters is 1. The molecule has 128 valence electrons. The summed E-state index contributed by atoms with van der Waals surface area (Å²) in [6.07, 6.45) is 1.46. The van der Waals surface area contributed by atoms with Crippen molar-refractivity contribution in [2.75, 3.05) is 18.5 Å². The van der Waals surface area contributed by atoms with Gasteiger partial charge in [0.15, 0.2) is 11.5 Å². The number of H-pyrrole nitrogens is 1. The summed E-state index contributed by atoms with van der Waals surface area (Å²) in [6.45, 7) is 3.24. The van der Waals surface area contributed by atoms with E-state index < -0.39 is 18.5 Å². The second kappa shape index (κ2) is 7.85. The Labute approximate surface area is 137 Å². The molecule has 0 aliphatic heterocycles. The Bertz CT molecular complexity index is 736. The summed E-state index contributed by atoms with van der Waals surface area (Å²) >= 11 is 0. The van der Waals surface area contributed by atoms with Gasteiger partial charge in [-0.15, -0.1) is 5.10 Å². The number of aromatic amines is 1. The van der Waals surface area contributed by atoms with E-state index in [9.17, 15) is 9.59 Å². The number of oxime groups is 1. The average molecular weight is 335 g/mol. The Morgan fingerprint density at radius 3 is 2.83 bits per heavy atom. The van der Waals surface area contributed by atoms with Crippen molar-refractivity contribution in [2.24, 2.45) is 12.2 Å². The summed E-state index contributed by atoms with van der Waals surface area (Å²) < 4.78 is 6.23. The normalized spacial score (nSPS) is 11.2. The molecule has 0 spiro atoms. The smallest absolute Gasteiger partial charge is 0.347 e. The van der Waals surface area contributed by atoms with E-state index in [0.29, 0.717) is 17.2 Å². The SMILES string of the molecule is CCOC(=O)CON=C(C(=O)Nc1nnn(C)c1C)c1ccn[nH]1. The molecule has 0 atom stereocenters. The molecule has 24 heavy (non-hydrogen) atoms. The van der Waals surface area contributed by atoms with Crippen molar-refractivity contribution >= 4 is 23.4 Å². The first-order valence-corrected chi connectivity index (χ1v) is 7.05. The van der Waals surface area contributed by atoms with E-state index in [0.717, 1.165) is 0 Å². The summed E-state index contributed by atoms with van der Waals surface area (Å²) in [6, 6.07) is 1.54. The summed E-state index contributed by atoms with van der Waals surface area (Å²) in [5.74, 6) is -0.887. The standard InChI is InChI=1S/C13H17N7O4/c1-4-23-10(21)7-24-18-11(9-5-6-14-16-9)13(22)15-12-8(2)20(3)19-17-12/h5-6H,4,7H2,1-3H3,(H,14,16)(H,15,22). The van der Waals surface area contributed by atoms with Crippen LogP contribution in [0, 0.1) is 6.92 Å². The topological polar surface area (TPSA) is 136 Å². The number of anilines is 1. The Kier molecular flexibility index (Phi) is 5.60. The number of carbonyl (C=O) groups excluding carboxylic acids is 2. The number of ether oxygens (including phenoxy) is 1. The fourth-order valence-corrected chi connectivity index (χ4v) is 1.64. The maximum atomic E-state index is 12.4. The number of nitrogens with zero attached hydrogens (tertiary/aromatic N) is 5. The van der Waals surface area contributed by atoms with Crippen molar-refractivity contribution in [1.29, 1.82) is 0 Å². The molecule has 2 rings (SSSR count). The number of hydrogen-bond acceptors (Lipinski definition) is 8. The number of rotatable bonds is 7.